The molecule has 0 unspecified atom stereocenters. The quantitative estimate of drug-likeness (QED) is 0.174. The minimum atomic E-state index is -0.362. The van der Waals surface area contributed by atoms with Gasteiger partial charge in [-0.3, -0.25) is 0 Å². The zero-order chi connectivity index (χ0) is 40.8. The molecule has 2 aliphatic rings. The van der Waals surface area contributed by atoms with Gasteiger partial charge in [-0.1, -0.05) is 200 Å². The van der Waals surface area contributed by atoms with E-state index in [1.54, 1.807) is 0 Å². The molecule has 0 aliphatic heterocycles. The lowest BCUT2D eigenvalue weighted by Gasteiger charge is -2.30. The summed E-state index contributed by atoms with van der Waals surface area (Å²) < 4.78 is 6.24. The maximum atomic E-state index is 6.24. The van der Waals surface area contributed by atoms with E-state index >= 15 is 0 Å². The molecule has 9 aromatic carbocycles. The first-order valence-corrected chi connectivity index (χ1v) is 21.1. The molecule has 0 bridgehead atoms. The molecule has 0 atom stereocenters. The molecule has 2 aromatic heterocycles. The topological polar surface area (TPSA) is 51.8 Å². The first-order chi connectivity index (χ1) is 30.7. The molecule has 2 heterocycles. The lowest BCUT2D eigenvalue weighted by Crippen LogP contribution is -2.25. The molecule has 4 nitrogen and oxygen atoms in total. The van der Waals surface area contributed by atoms with Crippen LogP contribution in [-0.2, 0) is 5.41 Å². The van der Waals surface area contributed by atoms with Crippen molar-refractivity contribution < 1.29 is 4.42 Å². The SMILES string of the molecule is c1ccc(-c2nc(-c3ccc(-c4ccc(-c5cccc6c5-c5ccccc5C65c6ccccc6-c6ccccc65)cc4)cc3)nc(-c3cccc4oc5ccccc5c34)n2)cc1. The van der Waals surface area contributed by atoms with E-state index in [2.05, 4.69) is 152 Å². The van der Waals surface area contributed by atoms with Gasteiger partial charge in [-0.15, -0.1) is 0 Å². The van der Waals surface area contributed by atoms with Crippen LogP contribution in [0.15, 0.2) is 217 Å². The van der Waals surface area contributed by atoms with Crippen molar-refractivity contribution in [1.29, 1.82) is 0 Å². The van der Waals surface area contributed by atoms with Crippen LogP contribution >= 0.6 is 0 Å². The lowest BCUT2D eigenvalue weighted by molar-refractivity contribution is 0.669. The molecule has 62 heavy (non-hydrogen) atoms. The average molecular weight is 790 g/mol. The lowest BCUT2D eigenvalue weighted by atomic mass is 9.70. The van der Waals surface area contributed by atoms with Crippen LogP contribution in [0, 0.1) is 0 Å². The van der Waals surface area contributed by atoms with E-state index in [1.165, 1.54) is 55.6 Å². The summed E-state index contributed by atoms with van der Waals surface area (Å²) in [4.78, 5) is 15.2. The highest BCUT2D eigenvalue weighted by Gasteiger charge is 2.51. The van der Waals surface area contributed by atoms with Crippen molar-refractivity contribution in [2.75, 3.05) is 0 Å². The predicted octanol–water partition coefficient (Wildman–Crippen LogP) is 14.4. The van der Waals surface area contributed by atoms with Gasteiger partial charge in [0.1, 0.15) is 11.2 Å². The van der Waals surface area contributed by atoms with Gasteiger partial charge in [-0.2, -0.15) is 0 Å². The number of fused-ring (bicyclic) bond motifs is 13. The molecule has 288 valence electrons. The summed E-state index contributed by atoms with van der Waals surface area (Å²) in [6.07, 6.45) is 0. The molecule has 0 fully saturated rings. The standard InChI is InChI=1S/C58H35N3O/c1-2-14-39(15-3-1)55-59-56(61-57(60-55)46-21-13-27-52-54(46)45-19-7-11-26-51(45)62-52)40-34-30-37(31-35-40)36-28-32-38(33-29-36)41-20-12-25-50-53(41)44-18-6-10-24-49(44)58(50)47-22-8-4-16-42(47)43-17-5-9-23-48(43)58/h1-35H. The highest BCUT2D eigenvalue weighted by Crippen LogP contribution is 2.63. The average Bonchev–Trinajstić information content (AvgIpc) is 3.99. The number of furan rings is 1. The molecule has 13 rings (SSSR count). The van der Waals surface area contributed by atoms with Crippen LogP contribution in [0.3, 0.4) is 0 Å². The van der Waals surface area contributed by atoms with Crippen molar-refractivity contribution in [2.24, 2.45) is 0 Å². The number of aromatic nitrogens is 3. The summed E-state index contributed by atoms with van der Waals surface area (Å²) in [6, 6.07) is 75.7. The van der Waals surface area contributed by atoms with E-state index in [1.807, 2.05) is 60.7 Å². The van der Waals surface area contributed by atoms with Gasteiger partial charge in [-0.25, -0.2) is 15.0 Å². The monoisotopic (exact) mass is 789 g/mol. The molecule has 4 heteroatoms. The fourth-order valence-corrected chi connectivity index (χ4v) is 10.3. The van der Waals surface area contributed by atoms with Crippen LogP contribution < -0.4 is 0 Å². The Balaban J connectivity index is 0.880. The fourth-order valence-electron chi connectivity index (χ4n) is 10.3. The number of para-hydroxylation sites is 1. The molecule has 0 radical (unpaired) electrons. The molecule has 0 amide bonds. The Hall–Kier alpha value is -8.21. The van der Waals surface area contributed by atoms with Gasteiger partial charge in [0.25, 0.3) is 0 Å². The normalized spacial score (nSPS) is 13.0. The van der Waals surface area contributed by atoms with Crippen LogP contribution in [0.5, 0.6) is 0 Å². The summed E-state index contributed by atoms with van der Waals surface area (Å²) in [5.74, 6) is 1.84. The molecule has 0 saturated carbocycles. The molecule has 0 N–H and O–H groups in total. The first kappa shape index (κ1) is 34.6. The molecule has 2 aliphatic carbocycles. The number of benzene rings is 9. The van der Waals surface area contributed by atoms with Crippen LogP contribution in [0.4, 0.5) is 0 Å². The number of hydrogen-bond acceptors (Lipinski definition) is 4. The smallest absolute Gasteiger partial charge is 0.164 e. The van der Waals surface area contributed by atoms with Gasteiger partial charge >= 0.3 is 0 Å². The van der Waals surface area contributed by atoms with Crippen molar-refractivity contribution in [3.8, 4) is 78.7 Å². The number of rotatable bonds is 5. The Morgan fingerprint density at radius 2 is 0.742 bits per heavy atom. The van der Waals surface area contributed by atoms with Gasteiger partial charge in [0.2, 0.25) is 0 Å². The van der Waals surface area contributed by atoms with Crippen molar-refractivity contribution in [2.45, 2.75) is 5.41 Å². The van der Waals surface area contributed by atoms with Crippen molar-refractivity contribution in [1.82, 2.24) is 15.0 Å². The number of hydrogen-bond donors (Lipinski definition) is 0. The Morgan fingerprint density at radius 3 is 1.44 bits per heavy atom. The maximum absolute atomic E-state index is 6.24. The summed E-state index contributed by atoms with van der Waals surface area (Å²) >= 11 is 0. The third kappa shape index (κ3) is 4.98. The van der Waals surface area contributed by atoms with Crippen LogP contribution in [0.1, 0.15) is 22.3 Å². The molecule has 11 aromatic rings. The molecule has 1 spiro atoms. The Labute approximate surface area is 358 Å². The van der Waals surface area contributed by atoms with E-state index in [4.69, 9.17) is 19.4 Å². The van der Waals surface area contributed by atoms with Gasteiger partial charge in [0.05, 0.1) is 5.41 Å². The first-order valence-electron chi connectivity index (χ1n) is 21.1. The highest BCUT2D eigenvalue weighted by atomic mass is 16.3. The van der Waals surface area contributed by atoms with Crippen LogP contribution in [0.2, 0.25) is 0 Å². The summed E-state index contributed by atoms with van der Waals surface area (Å²) in [6.45, 7) is 0. The van der Waals surface area contributed by atoms with Crippen LogP contribution in [0.25, 0.3) is 101 Å². The molecule has 0 saturated heterocycles. The van der Waals surface area contributed by atoms with Gasteiger partial charge in [0, 0.05) is 27.5 Å². The van der Waals surface area contributed by atoms with Crippen molar-refractivity contribution in [3.63, 3.8) is 0 Å². The van der Waals surface area contributed by atoms with Crippen LogP contribution in [-0.4, -0.2) is 15.0 Å². The van der Waals surface area contributed by atoms with Crippen molar-refractivity contribution in [3.05, 3.63) is 235 Å². The maximum Gasteiger partial charge on any atom is 0.164 e. The van der Waals surface area contributed by atoms with Gasteiger partial charge < -0.3 is 4.42 Å². The predicted molar refractivity (Wildman–Crippen MR) is 251 cm³/mol. The number of nitrogens with zero attached hydrogens (tertiary/aromatic N) is 3. The summed E-state index contributed by atoms with van der Waals surface area (Å²) in [5.41, 5.74) is 19.4. The highest BCUT2D eigenvalue weighted by molar-refractivity contribution is 6.11. The second kappa shape index (κ2) is 13.4. The third-order valence-corrected chi connectivity index (χ3v) is 13.0. The minimum absolute atomic E-state index is 0.362. The largest absolute Gasteiger partial charge is 0.456 e. The second-order valence-corrected chi connectivity index (χ2v) is 16.2. The van der Waals surface area contributed by atoms with E-state index in [0.29, 0.717) is 17.5 Å². The van der Waals surface area contributed by atoms with Crippen molar-refractivity contribution >= 4 is 21.9 Å². The van der Waals surface area contributed by atoms with E-state index in [-0.39, 0.29) is 5.41 Å². The third-order valence-electron chi connectivity index (χ3n) is 13.0. The molecular weight excluding hydrogens is 755 g/mol. The zero-order valence-electron chi connectivity index (χ0n) is 33.5. The Kier molecular flexibility index (Phi) is 7.49. The zero-order valence-corrected chi connectivity index (χ0v) is 33.5. The second-order valence-electron chi connectivity index (χ2n) is 16.2. The van der Waals surface area contributed by atoms with E-state index in [0.717, 1.165) is 49.8 Å². The van der Waals surface area contributed by atoms with E-state index < -0.39 is 0 Å². The molecular formula is C58H35N3O. The Morgan fingerprint density at radius 1 is 0.290 bits per heavy atom. The summed E-state index contributed by atoms with van der Waals surface area (Å²) in [7, 11) is 0. The van der Waals surface area contributed by atoms with Gasteiger partial charge in [0.15, 0.2) is 17.5 Å². The van der Waals surface area contributed by atoms with Gasteiger partial charge in [-0.05, 0) is 78.9 Å². The minimum Gasteiger partial charge on any atom is -0.456 e. The fraction of sp³-hybridized carbons (Fsp3) is 0.0172. The summed E-state index contributed by atoms with van der Waals surface area (Å²) in [5, 5.41) is 2.03. The Bertz CT molecular complexity index is 3520. The van der Waals surface area contributed by atoms with E-state index in [9.17, 15) is 0 Å².